The minimum Gasteiger partial charge on any atom is -0.487 e. The van der Waals surface area contributed by atoms with Gasteiger partial charge in [0.25, 0.3) is 0 Å². The number of aromatic nitrogens is 2. The Morgan fingerprint density at radius 2 is 2.32 bits per heavy atom. The molecule has 1 aliphatic rings. The molecule has 116 valence electrons. The number of aryl methyl sites for hydroxylation is 1. The van der Waals surface area contributed by atoms with Gasteiger partial charge in [-0.2, -0.15) is 4.98 Å². The van der Waals surface area contributed by atoms with Crippen LogP contribution in [0.15, 0.2) is 22.7 Å². The van der Waals surface area contributed by atoms with Gasteiger partial charge in [-0.25, -0.2) is 9.18 Å². The van der Waals surface area contributed by atoms with E-state index in [0.29, 0.717) is 11.4 Å². The van der Waals surface area contributed by atoms with Crippen molar-refractivity contribution in [2.75, 3.05) is 5.32 Å². The highest BCUT2D eigenvalue weighted by atomic mass is 19.1. The van der Waals surface area contributed by atoms with Gasteiger partial charge >= 0.3 is 12.0 Å². The zero-order valence-electron chi connectivity index (χ0n) is 11.9. The summed E-state index contributed by atoms with van der Waals surface area (Å²) in [5.74, 6) is 0.171. The summed E-state index contributed by atoms with van der Waals surface area (Å²) in [7, 11) is 0. The molecule has 1 heterocycles. The van der Waals surface area contributed by atoms with Crippen LogP contribution in [-0.2, 0) is 6.54 Å². The molecule has 1 aliphatic carbocycles. The van der Waals surface area contributed by atoms with Gasteiger partial charge < -0.3 is 14.6 Å². The first kappa shape index (κ1) is 14.3. The van der Waals surface area contributed by atoms with Crippen LogP contribution < -0.4 is 15.4 Å². The summed E-state index contributed by atoms with van der Waals surface area (Å²) in [6.45, 7) is 1.65. The molecule has 1 saturated carbocycles. The predicted molar refractivity (Wildman–Crippen MR) is 74.9 cm³/mol. The second-order valence-electron chi connectivity index (χ2n) is 5.00. The molecule has 1 fully saturated rings. The van der Waals surface area contributed by atoms with E-state index >= 15 is 0 Å². The summed E-state index contributed by atoms with van der Waals surface area (Å²) >= 11 is 0. The summed E-state index contributed by atoms with van der Waals surface area (Å²) in [5.41, 5.74) is 0.343. The van der Waals surface area contributed by atoms with Crippen LogP contribution in [0.3, 0.4) is 0 Å². The first-order chi connectivity index (χ1) is 10.6. The number of carbonyl (C=O) groups excluding carboxylic acids is 1. The van der Waals surface area contributed by atoms with E-state index in [1.807, 2.05) is 0 Å². The summed E-state index contributed by atoms with van der Waals surface area (Å²) in [5, 5.41) is 8.43. The van der Waals surface area contributed by atoms with Crippen molar-refractivity contribution in [3.05, 3.63) is 35.4 Å². The molecule has 3 rings (SSSR count). The van der Waals surface area contributed by atoms with E-state index in [-0.39, 0.29) is 24.4 Å². The molecule has 0 bridgehead atoms. The third kappa shape index (κ3) is 3.51. The maximum Gasteiger partial charge on any atom is 0.329 e. The molecule has 0 atom stereocenters. The summed E-state index contributed by atoms with van der Waals surface area (Å²) in [6, 6.07) is 4.29. The highest BCUT2D eigenvalue weighted by Gasteiger charge is 2.25. The van der Waals surface area contributed by atoms with Crippen LogP contribution in [-0.4, -0.2) is 22.3 Å². The first-order valence-electron chi connectivity index (χ1n) is 6.91. The van der Waals surface area contributed by atoms with Gasteiger partial charge in [-0.05, 0) is 25.8 Å². The quantitative estimate of drug-likeness (QED) is 0.885. The molecule has 0 unspecified atom stereocenters. The Morgan fingerprint density at radius 3 is 3.00 bits per heavy atom. The van der Waals surface area contributed by atoms with Gasteiger partial charge in [0, 0.05) is 12.1 Å². The molecule has 8 heteroatoms. The molecule has 0 spiro atoms. The smallest absolute Gasteiger partial charge is 0.329 e. The summed E-state index contributed by atoms with van der Waals surface area (Å²) in [6.07, 6.45) is 2.02. The maximum absolute atomic E-state index is 14.2. The lowest BCUT2D eigenvalue weighted by Crippen LogP contribution is -2.28. The fourth-order valence-corrected chi connectivity index (χ4v) is 1.81. The Labute approximate surface area is 125 Å². The number of rotatable bonds is 5. The van der Waals surface area contributed by atoms with E-state index in [0.717, 1.165) is 12.8 Å². The van der Waals surface area contributed by atoms with Gasteiger partial charge in [0.1, 0.15) is 0 Å². The molecule has 1 aromatic heterocycles. The van der Waals surface area contributed by atoms with E-state index < -0.39 is 11.8 Å². The zero-order valence-corrected chi connectivity index (χ0v) is 11.9. The molecule has 22 heavy (non-hydrogen) atoms. The topological polar surface area (TPSA) is 89.3 Å². The number of carbonyl (C=O) groups is 1. The van der Waals surface area contributed by atoms with E-state index in [1.54, 1.807) is 25.1 Å². The molecule has 7 nitrogen and oxygen atoms in total. The molecule has 2 amide bonds. The number of urea groups is 1. The minimum atomic E-state index is -0.559. The number of anilines is 1. The molecule has 2 N–H and O–H groups in total. The van der Waals surface area contributed by atoms with Gasteiger partial charge in [-0.1, -0.05) is 17.3 Å². The zero-order chi connectivity index (χ0) is 15.5. The van der Waals surface area contributed by atoms with Gasteiger partial charge in [-0.3, -0.25) is 5.32 Å². The highest BCUT2D eigenvalue weighted by Crippen LogP contribution is 2.29. The summed E-state index contributed by atoms with van der Waals surface area (Å²) in [4.78, 5) is 15.5. The molecule has 0 saturated heterocycles. The van der Waals surface area contributed by atoms with Gasteiger partial charge in [0.2, 0.25) is 0 Å². The molecule has 0 aliphatic heterocycles. The number of nitrogens with zero attached hydrogens (tertiary/aromatic N) is 2. The lowest BCUT2D eigenvalue weighted by atomic mass is 10.2. The highest BCUT2D eigenvalue weighted by molar-refractivity contribution is 5.86. The number of benzene rings is 1. The molecule has 1 aromatic carbocycles. The van der Waals surface area contributed by atoms with E-state index in [1.165, 1.54) is 0 Å². The van der Waals surface area contributed by atoms with Gasteiger partial charge in [0.15, 0.2) is 17.4 Å². The predicted octanol–water partition coefficient (Wildman–Crippen LogP) is 2.38. The standard InChI is InChI=1S/C14H15FN4O3/c1-8-17-14(22-19-8)18-13(20)16-7-9-3-2-4-11(12(9)15)21-10-5-6-10/h2-4,10H,5-7H2,1H3,(H2,16,17,18,19,20). The second kappa shape index (κ2) is 6.00. The molecule has 2 aromatic rings. The Bertz CT molecular complexity index is 684. The fourth-order valence-electron chi connectivity index (χ4n) is 1.81. The van der Waals surface area contributed by atoms with Crippen LogP contribution in [0.1, 0.15) is 24.2 Å². The van der Waals surface area contributed by atoms with Crippen LogP contribution in [0.25, 0.3) is 0 Å². The third-order valence-electron chi connectivity index (χ3n) is 3.05. The van der Waals surface area contributed by atoms with Crippen molar-refractivity contribution in [3.8, 4) is 5.75 Å². The molecule has 0 radical (unpaired) electrons. The fraction of sp³-hybridized carbons (Fsp3) is 0.357. The number of hydrogen-bond donors (Lipinski definition) is 2. The summed E-state index contributed by atoms with van der Waals surface area (Å²) < 4.78 is 24.4. The van der Waals surface area contributed by atoms with Gasteiger partial charge in [-0.15, -0.1) is 0 Å². The van der Waals surface area contributed by atoms with Crippen molar-refractivity contribution in [3.63, 3.8) is 0 Å². The van der Waals surface area contributed by atoms with E-state index in [4.69, 9.17) is 9.26 Å². The lowest BCUT2D eigenvalue weighted by Gasteiger charge is -2.10. The van der Waals surface area contributed by atoms with Crippen molar-refractivity contribution in [1.82, 2.24) is 15.5 Å². The van der Waals surface area contributed by atoms with Crippen molar-refractivity contribution in [2.24, 2.45) is 0 Å². The molecular weight excluding hydrogens is 291 g/mol. The Balaban J connectivity index is 1.57. The van der Waals surface area contributed by atoms with Crippen LogP contribution in [0, 0.1) is 12.7 Å². The third-order valence-corrected chi connectivity index (χ3v) is 3.05. The monoisotopic (exact) mass is 306 g/mol. The van der Waals surface area contributed by atoms with Gasteiger partial charge in [0.05, 0.1) is 6.10 Å². The van der Waals surface area contributed by atoms with E-state index in [2.05, 4.69) is 20.8 Å². The SMILES string of the molecule is Cc1noc(NC(=O)NCc2cccc(OC3CC3)c2F)n1. The van der Waals surface area contributed by atoms with Crippen LogP contribution in [0.2, 0.25) is 0 Å². The largest absolute Gasteiger partial charge is 0.487 e. The average Bonchev–Trinajstić information content (AvgIpc) is 3.21. The lowest BCUT2D eigenvalue weighted by molar-refractivity contribution is 0.250. The van der Waals surface area contributed by atoms with Crippen LogP contribution >= 0.6 is 0 Å². The minimum absolute atomic E-state index is 0.0127. The first-order valence-corrected chi connectivity index (χ1v) is 6.91. The Morgan fingerprint density at radius 1 is 1.50 bits per heavy atom. The Kier molecular flexibility index (Phi) is 3.90. The van der Waals surface area contributed by atoms with Crippen molar-refractivity contribution in [1.29, 1.82) is 0 Å². The number of amides is 2. The van der Waals surface area contributed by atoms with Crippen molar-refractivity contribution >= 4 is 12.0 Å². The van der Waals surface area contributed by atoms with Crippen molar-refractivity contribution < 1.29 is 18.4 Å². The van der Waals surface area contributed by atoms with Crippen molar-refractivity contribution in [2.45, 2.75) is 32.4 Å². The normalized spacial score (nSPS) is 13.7. The van der Waals surface area contributed by atoms with Crippen LogP contribution in [0.5, 0.6) is 5.75 Å². The average molecular weight is 306 g/mol. The Hall–Kier alpha value is -2.64. The van der Waals surface area contributed by atoms with E-state index in [9.17, 15) is 9.18 Å². The maximum atomic E-state index is 14.2. The molecular formula is C14H15FN4O3. The number of hydrogen-bond acceptors (Lipinski definition) is 5. The second-order valence-corrected chi connectivity index (χ2v) is 5.00. The number of ether oxygens (including phenoxy) is 1. The van der Waals surface area contributed by atoms with Crippen LogP contribution in [0.4, 0.5) is 15.2 Å². The number of nitrogens with one attached hydrogen (secondary N) is 2. The number of halogens is 1.